The summed E-state index contributed by atoms with van der Waals surface area (Å²) >= 11 is 5.77. The molecule has 0 saturated heterocycles. The van der Waals surface area contributed by atoms with Crippen LogP contribution in [0.4, 0.5) is 0 Å². The van der Waals surface area contributed by atoms with E-state index in [1.54, 1.807) is 4.31 Å². The number of H-pyrrole nitrogens is 1. The van der Waals surface area contributed by atoms with Crippen molar-refractivity contribution >= 4 is 21.6 Å². The lowest BCUT2D eigenvalue weighted by Gasteiger charge is -2.32. The van der Waals surface area contributed by atoms with E-state index in [2.05, 4.69) is 10.2 Å². The van der Waals surface area contributed by atoms with Crippen LogP contribution in [0.1, 0.15) is 44.6 Å². The molecule has 0 aliphatic heterocycles. The minimum absolute atomic E-state index is 0.107. The van der Waals surface area contributed by atoms with E-state index < -0.39 is 10.0 Å². The van der Waals surface area contributed by atoms with Gasteiger partial charge < -0.3 is 0 Å². The smallest absolute Gasteiger partial charge is 0.260 e. The summed E-state index contributed by atoms with van der Waals surface area (Å²) in [6.45, 7) is 2.36. The maximum Gasteiger partial charge on any atom is 0.260 e. The fourth-order valence-electron chi connectivity index (χ4n) is 2.73. The van der Waals surface area contributed by atoms with Gasteiger partial charge in [0.05, 0.1) is 12.1 Å². The molecule has 0 aromatic carbocycles. The highest BCUT2D eigenvalue weighted by atomic mass is 35.5. The van der Waals surface area contributed by atoms with Crippen molar-refractivity contribution in [2.75, 3.05) is 6.54 Å². The van der Waals surface area contributed by atoms with E-state index >= 15 is 0 Å². The number of rotatable bonds is 5. The molecular formula is C12H20ClN3O2S. The van der Waals surface area contributed by atoms with Crippen molar-refractivity contribution in [3.8, 4) is 0 Å². The fraction of sp³-hybridized carbons (Fsp3) is 0.750. The lowest BCUT2D eigenvalue weighted by atomic mass is 9.95. The van der Waals surface area contributed by atoms with Gasteiger partial charge in [-0.2, -0.15) is 9.40 Å². The van der Waals surface area contributed by atoms with Crippen LogP contribution in [-0.2, 0) is 15.9 Å². The van der Waals surface area contributed by atoms with Crippen molar-refractivity contribution in [3.05, 3.63) is 11.8 Å². The molecule has 0 radical (unpaired) electrons. The molecule has 0 atom stereocenters. The topological polar surface area (TPSA) is 66.1 Å². The number of halogens is 1. The standard InChI is InChI=1S/C12H20ClN3O2S/c1-2-16(11-6-4-3-5-7-11)19(17,18)12-10(8-13)9-14-15-12/h9,11H,2-8H2,1H3,(H,14,15). The van der Waals surface area contributed by atoms with Gasteiger partial charge in [0.15, 0.2) is 5.03 Å². The highest BCUT2D eigenvalue weighted by molar-refractivity contribution is 7.89. The molecule has 1 aromatic heterocycles. The number of sulfonamides is 1. The van der Waals surface area contributed by atoms with Gasteiger partial charge in [0, 0.05) is 18.2 Å². The molecule has 0 bridgehead atoms. The molecule has 1 fully saturated rings. The van der Waals surface area contributed by atoms with Gasteiger partial charge in [-0.1, -0.05) is 26.2 Å². The first-order valence-electron chi connectivity index (χ1n) is 6.71. The van der Waals surface area contributed by atoms with Crippen LogP contribution in [0, 0.1) is 0 Å². The lowest BCUT2D eigenvalue weighted by molar-refractivity contribution is 0.260. The summed E-state index contributed by atoms with van der Waals surface area (Å²) in [5.41, 5.74) is 0.538. The maximum atomic E-state index is 12.7. The Morgan fingerprint density at radius 3 is 2.68 bits per heavy atom. The van der Waals surface area contributed by atoms with Crippen molar-refractivity contribution in [2.45, 2.75) is 56.0 Å². The highest BCUT2D eigenvalue weighted by Crippen LogP contribution is 2.28. The molecule has 1 aliphatic carbocycles. The number of nitrogens with one attached hydrogen (secondary N) is 1. The zero-order chi connectivity index (χ0) is 13.9. The van der Waals surface area contributed by atoms with Gasteiger partial charge in [-0.15, -0.1) is 11.6 Å². The van der Waals surface area contributed by atoms with E-state index in [9.17, 15) is 8.42 Å². The molecule has 0 spiro atoms. The van der Waals surface area contributed by atoms with Gasteiger partial charge in [0.25, 0.3) is 10.0 Å². The van der Waals surface area contributed by atoms with E-state index in [4.69, 9.17) is 11.6 Å². The first-order chi connectivity index (χ1) is 9.11. The molecule has 5 nitrogen and oxygen atoms in total. The van der Waals surface area contributed by atoms with E-state index in [0.717, 1.165) is 25.7 Å². The Kier molecular flexibility index (Phi) is 4.86. The molecule has 108 valence electrons. The second kappa shape index (κ2) is 6.24. The normalized spacial score (nSPS) is 18.1. The third-order valence-electron chi connectivity index (χ3n) is 3.68. The molecule has 1 N–H and O–H groups in total. The zero-order valence-corrected chi connectivity index (χ0v) is 12.7. The molecule has 0 amide bonds. The third-order valence-corrected chi connectivity index (χ3v) is 6.01. The van der Waals surface area contributed by atoms with Gasteiger partial charge in [0.1, 0.15) is 0 Å². The van der Waals surface area contributed by atoms with Gasteiger partial charge in [-0.3, -0.25) is 5.10 Å². The molecule has 1 aliphatic rings. The fourth-order valence-corrected chi connectivity index (χ4v) is 4.81. The Balaban J connectivity index is 2.30. The summed E-state index contributed by atoms with van der Waals surface area (Å²) in [6.07, 6.45) is 6.76. The van der Waals surface area contributed by atoms with Crippen molar-refractivity contribution in [2.24, 2.45) is 0 Å². The van der Waals surface area contributed by atoms with E-state index in [0.29, 0.717) is 12.1 Å². The average Bonchev–Trinajstić information content (AvgIpc) is 2.89. The second-order valence-electron chi connectivity index (χ2n) is 4.86. The van der Waals surface area contributed by atoms with Gasteiger partial charge in [-0.05, 0) is 12.8 Å². The van der Waals surface area contributed by atoms with E-state index in [1.807, 2.05) is 6.92 Å². The SMILES string of the molecule is CCN(C1CCCCC1)S(=O)(=O)c1[nH]ncc1CCl. The molecule has 19 heavy (non-hydrogen) atoms. The Morgan fingerprint density at radius 2 is 2.11 bits per heavy atom. The van der Waals surface area contributed by atoms with Crippen LogP contribution in [0.3, 0.4) is 0 Å². The monoisotopic (exact) mass is 305 g/mol. The minimum atomic E-state index is -3.52. The quantitative estimate of drug-likeness (QED) is 0.850. The molecule has 0 unspecified atom stereocenters. The van der Waals surface area contributed by atoms with Gasteiger partial charge in [0.2, 0.25) is 0 Å². The van der Waals surface area contributed by atoms with Crippen molar-refractivity contribution < 1.29 is 8.42 Å². The van der Waals surface area contributed by atoms with Crippen LogP contribution in [-0.4, -0.2) is 35.5 Å². The molecule has 1 heterocycles. The second-order valence-corrected chi connectivity index (χ2v) is 6.95. The summed E-state index contributed by atoms with van der Waals surface area (Å²) in [6, 6.07) is 0.107. The highest BCUT2D eigenvalue weighted by Gasteiger charge is 2.33. The first-order valence-corrected chi connectivity index (χ1v) is 8.68. The molecule has 1 aromatic rings. The zero-order valence-electron chi connectivity index (χ0n) is 11.1. The van der Waals surface area contributed by atoms with Crippen LogP contribution in [0.2, 0.25) is 0 Å². The molecular weight excluding hydrogens is 286 g/mol. The summed E-state index contributed by atoms with van der Waals surface area (Å²) < 4.78 is 27.0. The van der Waals surface area contributed by atoms with Crippen LogP contribution in [0.15, 0.2) is 11.2 Å². The Hall–Kier alpha value is -0.590. The van der Waals surface area contributed by atoms with Crippen LogP contribution in [0.5, 0.6) is 0 Å². The van der Waals surface area contributed by atoms with E-state index in [1.165, 1.54) is 12.6 Å². The maximum absolute atomic E-state index is 12.7. The Labute approximate surface area is 119 Å². The summed E-state index contributed by atoms with van der Waals surface area (Å²) in [7, 11) is -3.52. The number of aromatic nitrogens is 2. The lowest BCUT2D eigenvalue weighted by Crippen LogP contribution is -2.41. The largest absolute Gasteiger partial charge is 0.266 e. The molecule has 1 saturated carbocycles. The van der Waals surface area contributed by atoms with Crippen LogP contribution >= 0.6 is 11.6 Å². The molecule has 2 rings (SSSR count). The number of aromatic amines is 1. The average molecular weight is 306 g/mol. The summed E-state index contributed by atoms with van der Waals surface area (Å²) in [5, 5.41) is 6.54. The van der Waals surface area contributed by atoms with Crippen molar-refractivity contribution in [1.82, 2.24) is 14.5 Å². The number of alkyl halides is 1. The van der Waals surface area contributed by atoms with Crippen molar-refractivity contribution in [3.63, 3.8) is 0 Å². The van der Waals surface area contributed by atoms with Crippen LogP contribution < -0.4 is 0 Å². The molecule has 7 heteroatoms. The van der Waals surface area contributed by atoms with Crippen LogP contribution in [0.25, 0.3) is 0 Å². The van der Waals surface area contributed by atoms with Crippen molar-refractivity contribution in [1.29, 1.82) is 0 Å². The third kappa shape index (κ3) is 2.95. The summed E-state index contributed by atoms with van der Waals surface area (Å²) in [4.78, 5) is 0. The predicted octanol–water partition coefficient (Wildman–Crippen LogP) is 2.49. The number of nitrogens with zero attached hydrogens (tertiary/aromatic N) is 2. The van der Waals surface area contributed by atoms with Gasteiger partial charge >= 0.3 is 0 Å². The predicted molar refractivity (Wildman–Crippen MR) is 74.6 cm³/mol. The Morgan fingerprint density at radius 1 is 1.42 bits per heavy atom. The Bertz CT molecular complexity index is 509. The van der Waals surface area contributed by atoms with E-state index in [-0.39, 0.29) is 16.9 Å². The van der Waals surface area contributed by atoms with Gasteiger partial charge in [-0.25, -0.2) is 8.42 Å². The number of hydrogen-bond acceptors (Lipinski definition) is 3. The summed E-state index contributed by atoms with van der Waals surface area (Å²) in [5.74, 6) is 0.146. The minimum Gasteiger partial charge on any atom is -0.266 e. The first kappa shape index (κ1) is 14.8. The number of hydrogen-bond donors (Lipinski definition) is 1.